The van der Waals surface area contributed by atoms with Gasteiger partial charge in [0.25, 0.3) is 0 Å². The van der Waals surface area contributed by atoms with Crippen molar-refractivity contribution in [1.82, 2.24) is 9.97 Å². The van der Waals surface area contributed by atoms with Crippen molar-refractivity contribution in [1.29, 1.82) is 0 Å². The number of ether oxygens (including phenoxy) is 1. The number of thioether (sulfide) groups is 1. The van der Waals surface area contributed by atoms with Gasteiger partial charge in [0.15, 0.2) is 0 Å². The molecule has 0 saturated carbocycles. The van der Waals surface area contributed by atoms with E-state index in [4.69, 9.17) is 4.74 Å². The number of hydrogen-bond acceptors (Lipinski definition) is 7. The molecule has 2 aromatic heterocycles. The summed E-state index contributed by atoms with van der Waals surface area (Å²) in [4.78, 5) is 35.7. The van der Waals surface area contributed by atoms with Crippen LogP contribution in [-0.4, -0.2) is 33.7 Å². The molecule has 2 heterocycles. The summed E-state index contributed by atoms with van der Waals surface area (Å²) >= 11 is 3.19. The first-order valence-electron chi connectivity index (χ1n) is 10.00. The van der Waals surface area contributed by atoms with Crippen LogP contribution in [0.4, 0.5) is 5.69 Å². The number of carbonyl (C=O) groups excluding carboxylic acids is 2. The van der Waals surface area contributed by atoms with E-state index in [2.05, 4.69) is 15.3 Å². The Hall–Kier alpha value is -2.45. The minimum absolute atomic E-state index is 0.117. The third kappa shape index (κ3) is 4.65. The maximum absolute atomic E-state index is 12.4. The van der Waals surface area contributed by atoms with Crippen LogP contribution in [0.2, 0.25) is 0 Å². The van der Waals surface area contributed by atoms with E-state index < -0.39 is 0 Å². The average Bonchev–Trinajstić information content (AvgIpc) is 3.11. The summed E-state index contributed by atoms with van der Waals surface area (Å²) in [6.45, 7) is 3.61. The van der Waals surface area contributed by atoms with Gasteiger partial charge >= 0.3 is 5.97 Å². The van der Waals surface area contributed by atoms with Gasteiger partial charge in [0.1, 0.15) is 16.2 Å². The Morgan fingerprint density at radius 1 is 1.17 bits per heavy atom. The SMILES string of the molecule is CC(C)OC(=O)c1ccc(NC(=O)CSc2ncnc3sc4c(c23)CCCC4)cc1. The van der Waals surface area contributed by atoms with Crippen LogP contribution in [0.25, 0.3) is 10.2 Å². The quantitative estimate of drug-likeness (QED) is 0.334. The number of aromatic nitrogens is 2. The number of nitrogens with zero attached hydrogens (tertiary/aromatic N) is 2. The molecule has 0 spiro atoms. The Morgan fingerprint density at radius 2 is 1.93 bits per heavy atom. The summed E-state index contributed by atoms with van der Waals surface area (Å²) in [5.74, 6) is -0.230. The fourth-order valence-corrected chi connectivity index (χ4v) is 5.59. The maximum Gasteiger partial charge on any atom is 0.338 e. The van der Waals surface area contributed by atoms with Crippen LogP contribution in [-0.2, 0) is 22.4 Å². The van der Waals surface area contributed by atoms with E-state index in [0.717, 1.165) is 28.1 Å². The zero-order chi connectivity index (χ0) is 21.1. The largest absolute Gasteiger partial charge is 0.459 e. The summed E-state index contributed by atoms with van der Waals surface area (Å²) < 4.78 is 5.17. The van der Waals surface area contributed by atoms with Crippen LogP contribution >= 0.6 is 23.1 Å². The number of hydrogen-bond donors (Lipinski definition) is 1. The van der Waals surface area contributed by atoms with Crippen LogP contribution in [0.5, 0.6) is 0 Å². The normalized spacial score (nSPS) is 13.3. The molecule has 1 aromatic carbocycles. The highest BCUT2D eigenvalue weighted by Crippen LogP contribution is 2.39. The van der Waals surface area contributed by atoms with Crippen molar-refractivity contribution in [2.45, 2.75) is 50.7 Å². The predicted octanol–water partition coefficient (Wildman–Crippen LogP) is 4.87. The molecule has 1 N–H and O–H groups in total. The van der Waals surface area contributed by atoms with E-state index in [1.54, 1.807) is 41.9 Å². The lowest BCUT2D eigenvalue weighted by Crippen LogP contribution is -2.15. The summed E-state index contributed by atoms with van der Waals surface area (Å²) in [6, 6.07) is 6.72. The zero-order valence-electron chi connectivity index (χ0n) is 16.9. The first-order chi connectivity index (χ1) is 14.5. The second-order valence-electron chi connectivity index (χ2n) is 7.44. The Labute approximate surface area is 183 Å². The Bertz CT molecular complexity index is 1080. The smallest absolute Gasteiger partial charge is 0.338 e. The van der Waals surface area contributed by atoms with Crippen molar-refractivity contribution in [3.05, 3.63) is 46.6 Å². The number of rotatable bonds is 6. The lowest BCUT2D eigenvalue weighted by molar-refractivity contribution is -0.113. The molecule has 1 aliphatic carbocycles. The second kappa shape index (κ2) is 9.14. The van der Waals surface area contributed by atoms with Crippen LogP contribution < -0.4 is 5.32 Å². The zero-order valence-corrected chi connectivity index (χ0v) is 18.6. The molecule has 30 heavy (non-hydrogen) atoms. The van der Waals surface area contributed by atoms with Gasteiger partial charge < -0.3 is 10.1 Å². The standard InChI is InChI=1S/C22H23N3O3S2/c1-13(2)28-22(27)14-7-9-15(10-8-14)25-18(26)11-29-20-19-16-5-3-4-6-17(16)30-21(19)24-12-23-20/h7-10,12-13H,3-6,11H2,1-2H3,(H,25,26). The molecule has 1 amide bonds. The van der Waals surface area contributed by atoms with Gasteiger partial charge in [0.05, 0.1) is 17.4 Å². The number of thiophene rings is 1. The van der Waals surface area contributed by atoms with Crippen LogP contribution in [0, 0.1) is 0 Å². The highest BCUT2D eigenvalue weighted by Gasteiger charge is 2.20. The van der Waals surface area contributed by atoms with Gasteiger partial charge in [-0.1, -0.05) is 11.8 Å². The number of amides is 1. The summed E-state index contributed by atoms with van der Waals surface area (Å²) in [7, 11) is 0. The molecule has 0 aliphatic heterocycles. The molecular weight excluding hydrogens is 418 g/mol. The molecule has 0 atom stereocenters. The van der Waals surface area contributed by atoms with Gasteiger partial charge in [0.2, 0.25) is 5.91 Å². The van der Waals surface area contributed by atoms with Gasteiger partial charge in [-0.15, -0.1) is 11.3 Å². The lowest BCUT2D eigenvalue weighted by Gasteiger charge is -2.11. The number of benzene rings is 1. The molecule has 0 radical (unpaired) electrons. The monoisotopic (exact) mass is 441 g/mol. The van der Waals surface area contributed by atoms with E-state index in [9.17, 15) is 9.59 Å². The average molecular weight is 442 g/mol. The molecule has 6 nitrogen and oxygen atoms in total. The van der Waals surface area contributed by atoms with Crippen molar-refractivity contribution >= 4 is 50.9 Å². The van der Waals surface area contributed by atoms with Crippen LogP contribution in [0.3, 0.4) is 0 Å². The van der Waals surface area contributed by atoms with Crippen molar-refractivity contribution < 1.29 is 14.3 Å². The van der Waals surface area contributed by atoms with Gasteiger partial charge in [-0.05, 0) is 69.4 Å². The van der Waals surface area contributed by atoms with Gasteiger partial charge in [-0.25, -0.2) is 14.8 Å². The molecule has 3 aromatic rings. The molecule has 156 valence electrons. The number of anilines is 1. The van der Waals surface area contributed by atoms with Crippen molar-refractivity contribution in [2.24, 2.45) is 0 Å². The Kier molecular flexibility index (Phi) is 6.34. The maximum atomic E-state index is 12.4. The first-order valence-corrected chi connectivity index (χ1v) is 11.8. The third-order valence-electron chi connectivity index (χ3n) is 4.80. The number of fused-ring (bicyclic) bond motifs is 3. The van der Waals surface area contributed by atoms with E-state index >= 15 is 0 Å². The molecule has 0 bridgehead atoms. The Balaban J connectivity index is 1.40. The van der Waals surface area contributed by atoms with Crippen LogP contribution in [0.15, 0.2) is 35.6 Å². The summed E-state index contributed by atoms with van der Waals surface area (Å²) in [6.07, 6.45) is 6.01. The topological polar surface area (TPSA) is 81.2 Å². The highest BCUT2D eigenvalue weighted by molar-refractivity contribution is 8.00. The summed E-state index contributed by atoms with van der Waals surface area (Å²) in [5, 5.41) is 4.87. The predicted molar refractivity (Wildman–Crippen MR) is 120 cm³/mol. The van der Waals surface area contributed by atoms with Crippen LogP contribution in [0.1, 0.15) is 47.5 Å². The van der Waals surface area contributed by atoms with E-state index in [1.165, 1.54) is 35.0 Å². The lowest BCUT2D eigenvalue weighted by atomic mass is 9.97. The molecule has 1 aliphatic rings. The van der Waals surface area contributed by atoms with Crippen molar-refractivity contribution in [2.75, 3.05) is 11.1 Å². The van der Waals surface area contributed by atoms with Gasteiger partial charge in [-0.2, -0.15) is 0 Å². The highest BCUT2D eigenvalue weighted by atomic mass is 32.2. The molecular formula is C22H23N3O3S2. The minimum Gasteiger partial charge on any atom is -0.459 e. The fraction of sp³-hybridized carbons (Fsp3) is 0.364. The number of esters is 1. The van der Waals surface area contributed by atoms with E-state index in [-0.39, 0.29) is 23.7 Å². The third-order valence-corrected chi connectivity index (χ3v) is 6.99. The molecule has 8 heteroatoms. The minimum atomic E-state index is -0.370. The molecule has 0 unspecified atom stereocenters. The summed E-state index contributed by atoms with van der Waals surface area (Å²) in [5.41, 5.74) is 2.47. The van der Waals surface area contributed by atoms with E-state index in [0.29, 0.717) is 11.3 Å². The number of aryl methyl sites for hydroxylation is 2. The fourth-order valence-electron chi connectivity index (χ4n) is 3.47. The Morgan fingerprint density at radius 3 is 2.70 bits per heavy atom. The molecule has 0 saturated heterocycles. The van der Waals surface area contributed by atoms with Gasteiger partial charge in [0, 0.05) is 16.0 Å². The second-order valence-corrected chi connectivity index (χ2v) is 9.49. The van der Waals surface area contributed by atoms with Crippen molar-refractivity contribution in [3.63, 3.8) is 0 Å². The van der Waals surface area contributed by atoms with Crippen molar-refractivity contribution in [3.8, 4) is 0 Å². The van der Waals surface area contributed by atoms with Gasteiger partial charge in [-0.3, -0.25) is 4.79 Å². The first kappa shape index (κ1) is 20.8. The molecule has 0 fully saturated rings. The van der Waals surface area contributed by atoms with E-state index in [1.807, 2.05) is 13.8 Å². The number of carbonyl (C=O) groups is 2. The number of nitrogens with one attached hydrogen (secondary N) is 1. The molecule has 4 rings (SSSR count).